The van der Waals surface area contributed by atoms with Crippen LogP contribution in [0.1, 0.15) is 258 Å². The van der Waals surface area contributed by atoms with Crippen molar-refractivity contribution in [3.63, 3.8) is 0 Å². The molecule has 6 heteroatoms. The number of ether oxygens (including phenoxy) is 3. The molecule has 0 aromatic heterocycles. The molecule has 0 spiro atoms. The van der Waals surface area contributed by atoms with Crippen LogP contribution in [0.15, 0.2) is 36.5 Å². The van der Waals surface area contributed by atoms with Gasteiger partial charge in [0.25, 0.3) is 0 Å². The minimum absolute atomic E-state index is 0.0802. The van der Waals surface area contributed by atoms with E-state index in [-0.39, 0.29) is 31.1 Å². The van der Waals surface area contributed by atoms with Gasteiger partial charge in [-0.1, -0.05) is 205 Å². The summed E-state index contributed by atoms with van der Waals surface area (Å²) in [6.45, 7) is 6.58. The summed E-state index contributed by atoms with van der Waals surface area (Å²) in [6.07, 6.45) is 54.1. The Balaban J connectivity index is 4.37. The van der Waals surface area contributed by atoms with Gasteiger partial charge in [0.05, 0.1) is 0 Å². The fourth-order valence-electron chi connectivity index (χ4n) is 7.07. The third-order valence-corrected chi connectivity index (χ3v) is 10.9. The van der Waals surface area contributed by atoms with Crippen LogP contribution in [0.5, 0.6) is 0 Å². The maximum absolute atomic E-state index is 12.8. The van der Waals surface area contributed by atoms with Gasteiger partial charge in [-0.25, -0.2) is 0 Å². The first-order valence-electron chi connectivity index (χ1n) is 25.0. The SMILES string of the molecule is CCCCCC/C=C\CCCCCCCCCC(=O)OC(COC(=O)CCCCC/C=C\C=C/CCCCCCCCC)COC(=O)CCCCCCCCCCC. The quantitative estimate of drug-likeness (QED) is 0.0200. The second kappa shape index (κ2) is 47.3. The van der Waals surface area contributed by atoms with Gasteiger partial charge in [0, 0.05) is 19.3 Å². The molecular formula is C52H94O6. The fourth-order valence-corrected chi connectivity index (χ4v) is 7.07. The summed E-state index contributed by atoms with van der Waals surface area (Å²) in [7, 11) is 0. The molecule has 58 heavy (non-hydrogen) atoms. The van der Waals surface area contributed by atoms with Crippen LogP contribution in [0.3, 0.4) is 0 Å². The Morgan fingerprint density at radius 3 is 1.00 bits per heavy atom. The molecule has 6 nitrogen and oxygen atoms in total. The number of unbranched alkanes of at least 4 members (excludes halogenated alkanes) is 29. The van der Waals surface area contributed by atoms with Crippen LogP contribution in [0.25, 0.3) is 0 Å². The van der Waals surface area contributed by atoms with Gasteiger partial charge in [0.15, 0.2) is 6.10 Å². The summed E-state index contributed by atoms with van der Waals surface area (Å²) < 4.78 is 16.7. The summed E-state index contributed by atoms with van der Waals surface area (Å²) in [5.41, 5.74) is 0. The van der Waals surface area contributed by atoms with E-state index in [0.717, 1.165) is 70.6 Å². The van der Waals surface area contributed by atoms with E-state index in [4.69, 9.17) is 14.2 Å². The van der Waals surface area contributed by atoms with E-state index in [1.165, 1.54) is 148 Å². The molecule has 0 aromatic rings. The molecule has 1 atom stereocenters. The third-order valence-electron chi connectivity index (χ3n) is 10.9. The summed E-state index contributed by atoms with van der Waals surface area (Å²) in [4.78, 5) is 37.8. The van der Waals surface area contributed by atoms with Crippen LogP contribution in [-0.4, -0.2) is 37.2 Å². The van der Waals surface area contributed by atoms with Gasteiger partial charge >= 0.3 is 17.9 Å². The van der Waals surface area contributed by atoms with Crippen molar-refractivity contribution < 1.29 is 28.6 Å². The van der Waals surface area contributed by atoms with Crippen molar-refractivity contribution in [1.29, 1.82) is 0 Å². The van der Waals surface area contributed by atoms with Gasteiger partial charge in [-0.05, 0) is 70.6 Å². The lowest BCUT2D eigenvalue weighted by molar-refractivity contribution is -0.167. The third kappa shape index (κ3) is 44.7. The topological polar surface area (TPSA) is 78.9 Å². The zero-order valence-electron chi connectivity index (χ0n) is 38.6. The number of hydrogen-bond acceptors (Lipinski definition) is 6. The molecule has 0 aliphatic carbocycles. The molecule has 0 saturated heterocycles. The molecule has 0 amide bonds. The predicted octanol–water partition coefficient (Wildman–Crippen LogP) is 16.1. The highest BCUT2D eigenvalue weighted by Crippen LogP contribution is 2.14. The van der Waals surface area contributed by atoms with E-state index < -0.39 is 6.10 Å². The molecule has 1 unspecified atom stereocenters. The lowest BCUT2D eigenvalue weighted by Gasteiger charge is -2.18. The molecule has 0 fully saturated rings. The van der Waals surface area contributed by atoms with Gasteiger partial charge in [0.1, 0.15) is 13.2 Å². The zero-order chi connectivity index (χ0) is 42.3. The normalized spacial score (nSPS) is 12.3. The Morgan fingerprint density at radius 1 is 0.345 bits per heavy atom. The standard InChI is InChI=1S/C52H94O6/c1-4-7-10-13-16-19-21-23-25-27-28-30-33-36-39-42-45-51(54)57-48-49(47-56-50(53)44-41-38-35-32-18-15-12-9-6-3)58-52(55)46-43-40-37-34-31-29-26-24-22-20-17-14-11-8-5-2/h20,22,25,27-28,30,49H,4-19,21,23-24,26,29,31-48H2,1-3H3/b22-20-,27-25-,30-28-. The number of esters is 3. The lowest BCUT2D eigenvalue weighted by Crippen LogP contribution is -2.30. The molecule has 0 bridgehead atoms. The number of allylic oxidation sites excluding steroid dienone is 6. The first-order chi connectivity index (χ1) is 28.5. The Labute approximate surface area is 359 Å². The smallest absolute Gasteiger partial charge is 0.306 e. The molecule has 0 radical (unpaired) electrons. The van der Waals surface area contributed by atoms with Crippen molar-refractivity contribution in [1.82, 2.24) is 0 Å². The van der Waals surface area contributed by atoms with E-state index in [1.54, 1.807) is 0 Å². The summed E-state index contributed by atoms with van der Waals surface area (Å²) >= 11 is 0. The summed E-state index contributed by atoms with van der Waals surface area (Å²) in [6, 6.07) is 0. The van der Waals surface area contributed by atoms with Gasteiger partial charge < -0.3 is 14.2 Å². The lowest BCUT2D eigenvalue weighted by atomic mass is 10.1. The van der Waals surface area contributed by atoms with Crippen LogP contribution in [0, 0.1) is 0 Å². The Morgan fingerprint density at radius 2 is 0.621 bits per heavy atom. The van der Waals surface area contributed by atoms with Crippen molar-refractivity contribution in [2.75, 3.05) is 13.2 Å². The maximum atomic E-state index is 12.8. The summed E-state index contributed by atoms with van der Waals surface area (Å²) in [5, 5.41) is 0. The number of carbonyl (C=O) groups is 3. The van der Waals surface area contributed by atoms with Gasteiger partial charge in [-0.2, -0.15) is 0 Å². The average Bonchev–Trinajstić information content (AvgIpc) is 3.22. The van der Waals surface area contributed by atoms with Crippen LogP contribution < -0.4 is 0 Å². The molecule has 0 N–H and O–H groups in total. The van der Waals surface area contributed by atoms with Crippen LogP contribution in [-0.2, 0) is 28.6 Å². The minimum atomic E-state index is -0.780. The Hall–Kier alpha value is -2.37. The molecule has 0 aliphatic heterocycles. The van der Waals surface area contributed by atoms with Crippen molar-refractivity contribution in [3.8, 4) is 0 Å². The summed E-state index contributed by atoms with van der Waals surface area (Å²) in [5.74, 6) is -0.908. The van der Waals surface area contributed by atoms with Gasteiger partial charge in [-0.15, -0.1) is 0 Å². The second-order valence-electron chi connectivity index (χ2n) is 16.8. The highest BCUT2D eigenvalue weighted by atomic mass is 16.6. The van der Waals surface area contributed by atoms with Gasteiger partial charge in [0.2, 0.25) is 0 Å². The number of rotatable bonds is 45. The average molecular weight is 815 g/mol. The van der Waals surface area contributed by atoms with Crippen LogP contribution in [0.4, 0.5) is 0 Å². The second-order valence-corrected chi connectivity index (χ2v) is 16.8. The molecule has 0 heterocycles. The first-order valence-corrected chi connectivity index (χ1v) is 25.0. The van der Waals surface area contributed by atoms with Crippen molar-refractivity contribution in [2.45, 2.75) is 264 Å². The molecule has 0 saturated carbocycles. The van der Waals surface area contributed by atoms with Crippen LogP contribution in [0.2, 0.25) is 0 Å². The van der Waals surface area contributed by atoms with Crippen LogP contribution >= 0.6 is 0 Å². The van der Waals surface area contributed by atoms with Crippen molar-refractivity contribution in [3.05, 3.63) is 36.5 Å². The van der Waals surface area contributed by atoms with Crippen molar-refractivity contribution >= 4 is 17.9 Å². The minimum Gasteiger partial charge on any atom is -0.462 e. The number of carbonyl (C=O) groups excluding carboxylic acids is 3. The maximum Gasteiger partial charge on any atom is 0.306 e. The van der Waals surface area contributed by atoms with Gasteiger partial charge in [-0.3, -0.25) is 14.4 Å². The largest absolute Gasteiger partial charge is 0.462 e. The van der Waals surface area contributed by atoms with E-state index in [2.05, 4.69) is 57.2 Å². The molecule has 338 valence electrons. The molecular weight excluding hydrogens is 721 g/mol. The van der Waals surface area contributed by atoms with Crippen molar-refractivity contribution in [2.24, 2.45) is 0 Å². The number of hydrogen-bond donors (Lipinski definition) is 0. The highest BCUT2D eigenvalue weighted by molar-refractivity contribution is 5.71. The van der Waals surface area contributed by atoms with E-state index in [9.17, 15) is 14.4 Å². The molecule has 0 rings (SSSR count). The first kappa shape index (κ1) is 55.6. The predicted molar refractivity (Wildman–Crippen MR) is 247 cm³/mol. The highest BCUT2D eigenvalue weighted by Gasteiger charge is 2.19. The zero-order valence-corrected chi connectivity index (χ0v) is 38.6. The Bertz CT molecular complexity index is 984. The fraction of sp³-hybridized carbons (Fsp3) is 0.827. The van der Waals surface area contributed by atoms with E-state index >= 15 is 0 Å². The Kier molecular flexibility index (Phi) is 45.4. The molecule has 0 aliphatic rings. The molecule has 0 aromatic carbocycles. The monoisotopic (exact) mass is 815 g/mol. The van der Waals surface area contributed by atoms with E-state index in [0.29, 0.717) is 19.3 Å². The van der Waals surface area contributed by atoms with E-state index in [1.807, 2.05) is 0 Å².